The molecule has 11 aromatic rings. The Morgan fingerprint density at radius 3 is 1.23 bits per heavy atom. The van der Waals surface area contributed by atoms with Gasteiger partial charge < -0.3 is 0 Å². The van der Waals surface area contributed by atoms with Gasteiger partial charge in [0.25, 0.3) is 0 Å². The maximum absolute atomic E-state index is 2.64. The van der Waals surface area contributed by atoms with Gasteiger partial charge in [0, 0.05) is 34.3 Å². The van der Waals surface area contributed by atoms with E-state index in [1.165, 1.54) is 144 Å². The predicted octanol–water partition coefficient (Wildman–Crippen LogP) is 15.1. The van der Waals surface area contributed by atoms with Crippen LogP contribution in [-0.2, 0) is 12.8 Å². The average molecular weight is 849 g/mol. The van der Waals surface area contributed by atoms with Crippen LogP contribution in [0.3, 0.4) is 0 Å². The van der Waals surface area contributed by atoms with E-state index in [-0.39, 0.29) is 6.71 Å². The van der Waals surface area contributed by atoms with Gasteiger partial charge in [-0.2, -0.15) is 0 Å². The van der Waals surface area contributed by atoms with Crippen molar-refractivity contribution in [2.45, 2.75) is 54.4 Å². The quantitative estimate of drug-likeness (QED) is 0.116. The molecule has 0 fully saturated rings. The normalized spacial score (nSPS) is 12.5. The second-order valence-electron chi connectivity index (χ2n) is 17.9. The standard InChI is InChI=1S/C58H45BS3/c1-32-23-34(3)57(35(4)24-32)59(58-36(5)25-33(2)26-37(58)6)48-31-47(54-29-40-15-9-12-18-51(40)62-54)43-20-19-41-45(52-27-38-13-7-10-16-49(38)60-52)30-46(42-21-22-44(48)56(43)55(41)42)53-28-39-14-8-11-17-50(39)61-53/h7-20,23-31H,21-22H2,1-6H3. The molecule has 0 nitrogen and oxygen atoms in total. The Hall–Kier alpha value is -5.78. The second-order valence-corrected chi connectivity index (χ2v) is 21.1. The topological polar surface area (TPSA) is 0 Å². The molecule has 4 heteroatoms. The zero-order valence-corrected chi connectivity index (χ0v) is 38.4. The first-order valence-electron chi connectivity index (χ1n) is 21.9. The van der Waals surface area contributed by atoms with Gasteiger partial charge in [-0.3, -0.25) is 0 Å². The summed E-state index contributed by atoms with van der Waals surface area (Å²) < 4.78 is 4.01. The van der Waals surface area contributed by atoms with Crippen molar-refractivity contribution in [3.05, 3.63) is 184 Å². The van der Waals surface area contributed by atoms with Crippen LogP contribution in [0.5, 0.6) is 0 Å². The van der Waals surface area contributed by atoms with Crippen LogP contribution in [0, 0.1) is 41.5 Å². The number of hydrogen-bond donors (Lipinski definition) is 0. The lowest BCUT2D eigenvalue weighted by molar-refractivity contribution is 0.976. The van der Waals surface area contributed by atoms with Crippen LogP contribution in [0.4, 0.5) is 0 Å². The molecule has 3 aromatic heterocycles. The second kappa shape index (κ2) is 14.4. The van der Waals surface area contributed by atoms with E-state index in [9.17, 15) is 0 Å². The molecule has 0 spiro atoms. The van der Waals surface area contributed by atoms with E-state index < -0.39 is 0 Å². The summed E-state index contributed by atoms with van der Waals surface area (Å²) in [6, 6.07) is 53.8. The fourth-order valence-electron chi connectivity index (χ4n) is 11.3. The molecule has 3 heterocycles. The predicted molar refractivity (Wildman–Crippen MR) is 277 cm³/mol. The fraction of sp³-hybridized carbons (Fsp3) is 0.138. The van der Waals surface area contributed by atoms with Crippen LogP contribution in [0.15, 0.2) is 140 Å². The molecule has 62 heavy (non-hydrogen) atoms. The number of benzene rings is 8. The number of aryl methyl sites for hydroxylation is 8. The fourth-order valence-corrected chi connectivity index (χ4v) is 14.6. The lowest BCUT2D eigenvalue weighted by Gasteiger charge is -2.31. The van der Waals surface area contributed by atoms with Gasteiger partial charge >= 0.3 is 0 Å². The average Bonchev–Trinajstić information content (AvgIpc) is 4.01. The summed E-state index contributed by atoms with van der Waals surface area (Å²) in [5.41, 5.74) is 19.6. The highest BCUT2D eigenvalue weighted by molar-refractivity contribution is 7.23. The SMILES string of the molecule is Cc1cc(C)c(B(c2cc(-c3cc4ccccc4s3)c3ccc4c(-c5cc6ccccc6s5)cc(-c5cc6ccccc6s5)c5c4c3c2CC5)c2c(C)cc(C)cc2C)c(C)c1. The van der Waals surface area contributed by atoms with Crippen molar-refractivity contribution in [3.8, 4) is 31.3 Å². The number of rotatable bonds is 6. The molecular weight excluding hydrogens is 804 g/mol. The Bertz CT molecular complexity index is 3460. The van der Waals surface area contributed by atoms with E-state index in [4.69, 9.17) is 0 Å². The zero-order chi connectivity index (χ0) is 42.0. The van der Waals surface area contributed by atoms with E-state index in [1.54, 1.807) is 0 Å². The third kappa shape index (κ3) is 5.91. The first-order valence-corrected chi connectivity index (χ1v) is 24.3. The molecule has 8 aromatic carbocycles. The molecular formula is C58H45BS3. The molecule has 0 amide bonds. The van der Waals surface area contributed by atoms with Crippen molar-refractivity contribution in [1.29, 1.82) is 0 Å². The zero-order valence-electron chi connectivity index (χ0n) is 36.0. The van der Waals surface area contributed by atoms with Crippen molar-refractivity contribution < 1.29 is 0 Å². The molecule has 0 saturated heterocycles. The summed E-state index contributed by atoms with van der Waals surface area (Å²) in [4.78, 5) is 4.04. The summed E-state index contributed by atoms with van der Waals surface area (Å²) in [5, 5.41) is 9.58. The van der Waals surface area contributed by atoms with Gasteiger partial charge in [0.2, 0.25) is 6.71 Å². The van der Waals surface area contributed by atoms with Crippen molar-refractivity contribution in [2.24, 2.45) is 0 Å². The minimum Gasteiger partial charge on any atom is -0.135 e. The van der Waals surface area contributed by atoms with Gasteiger partial charge in [-0.05, 0) is 157 Å². The van der Waals surface area contributed by atoms with Gasteiger partial charge in [-0.25, -0.2) is 0 Å². The van der Waals surface area contributed by atoms with Crippen LogP contribution in [0.2, 0.25) is 0 Å². The monoisotopic (exact) mass is 848 g/mol. The van der Waals surface area contributed by atoms with Crippen LogP contribution in [0.1, 0.15) is 44.5 Å². The van der Waals surface area contributed by atoms with Gasteiger partial charge in [0.05, 0.1) is 0 Å². The maximum atomic E-state index is 2.64. The smallest absolute Gasteiger partial charge is 0.135 e. The molecule has 1 aliphatic carbocycles. The highest BCUT2D eigenvalue weighted by Gasteiger charge is 2.34. The first-order chi connectivity index (χ1) is 30.2. The van der Waals surface area contributed by atoms with Crippen molar-refractivity contribution in [2.75, 3.05) is 0 Å². The third-order valence-corrected chi connectivity index (χ3v) is 17.2. The minimum atomic E-state index is 0.0772. The van der Waals surface area contributed by atoms with Crippen LogP contribution < -0.4 is 16.4 Å². The summed E-state index contributed by atoms with van der Waals surface area (Å²) in [6.07, 6.45) is 1.99. The van der Waals surface area contributed by atoms with Crippen LogP contribution in [0.25, 0.3) is 83.1 Å². The minimum absolute atomic E-state index is 0.0772. The molecule has 0 unspecified atom stereocenters. The highest BCUT2D eigenvalue weighted by atomic mass is 32.1. The molecule has 298 valence electrons. The molecule has 1 aliphatic rings. The van der Waals surface area contributed by atoms with Gasteiger partial charge in [-0.1, -0.05) is 147 Å². The summed E-state index contributed by atoms with van der Waals surface area (Å²) in [5.74, 6) is 0. The Morgan fingerprint density at radius 1 is 0.387 bits per heavy atom. The van der Waals surface area contributed by atoms with Crippen molar-refractivity contribution in [3.63, 3.8) is 0 Å². The van der Waals surface area contributed by atoms with E-state index in [2.05, 4.69) is 181 Å². The highest BCUT2D eigenvalue weighted by Crippen LogP contribution is 2.50. The molecule has 12 rings (SSSR count). The molecule has 0 bridgehead atoms. The summed E-state index contributed by atoms with van der Waals surface area (Å²) in [7, 11) is 0. The van der Waals surface area contributed by atoms with E-state index in [0.29, 0.717) is 0 Å². The lowest BCUT2D eigenvalue weighted by atomic mass is 9.33. The van der Waals surface area contributed by atoms with Crippen LogP contribution in [-0.4, -0.2) is 6.71 Å². The largest absolute Gasteiger partial charge is 0.242 e. The lowest BCUT2D eigenvalue weighted by Crippen LogP contribution is -2.57. The summed E-state index contributed by atoms with van der Waals surface area (Å²) in [6.45, 7) is 14.0. The Labute approximate surface area is 376 Å². The Balaban J connectivity index is 1.27. The van der Waals surface area contributed by atoms with Gasteiger partial charge in [0.15, 0.2) is 0 Å². The number of hydrogen-bond acceptors (Lipinski definition) is 3. The van der Waals surface area contributed by atoms with Gasteiger partial charge in [-0.15, -0.1) is 34.0 Å². The van der Waals surface area contributed by atoms with E-state index >= 15 is 0 Å². The molecule has 0 aliphatic heterocycles. The number of thiophene rings is 3. The molecule has 0 atom stereocenters. The van der Waals surface area contributed by atoms with E-state index in [0.717, 1.165) is 12.8 Å². The maximum Gasteiger partial charge on any atom is 0.242 e. The molecule has 0 N–H and O–H groups in total. The molecule has 0 radical (unpaired) electrons. The van der Waals surface area contributed by atoms with Gasteiger partial charge in [0.1, 0.15) is 0 Å². The first kappa shape index (κ1) is 37.9. The van der Waals surface area contributed by atoms with Crippen LogP contribution >= 0.6 is 34.0 Å². The molecule has 0 saturated carbocycles. The van der Waals surface area contributed by atoms with Crippen molar-refractivity contribution in [1.82, 2.24) is 0 Å². The third-order valence-electron chi connectivity index (χ3n) is 13.7. The Kier molecular flexibility index (Phi) is 8.81. The van der Waals surface area contributed by atoms with Crippen molar-refractivity contribution >= 4 is 109 Å². The van der Waals surface area contributed by atoms with E-state index in [1.807, 2.05) is 34.0 Å². The summed E-state index contributed by atoms with van der Waals surface area (Å²) >= 11 is 5.80. The Morgan fingerprint density at radius 2 is 0.774 bits per heavy atom. The number of fused-ring (bicyclic) bond motifs is 3.